The highest BCUT2D eigenvalue weighted by atomic mass is 14.6. The summed E-state index contributed by atoms with van der Waals surface area (Å²) in [4.78, 5) is 0. The average Bonchev–Trinajstić information content (AvgIpc) is 2.39. The third-order valence-electron chi connectivity index (χ3n) is 3.21. The smallest absolute Gasteiger partial charge is 0.0428 e. The minimum absolute atomic E-state index is 0.425. The van der Waals surface area contributed by atoms with Crippen LogP contribution >= 0.6 is 0 Å². The summed E-state index contributed by atoms with van der Waals surface area (Å²) in [5, 5.41) is 0. The van der Waals surface area contributed by atoms with E-state index < -0.39 is 0 Å². The summed E-state index contributed by atoms with van der Waals surface area (Å²) in [6.07, 6.45) is 0. The molecule has 1 nitrogen and oxygen atoms in total. The van der Waals surface area contributed by atoms with Gasteiger partial charge in [0.05, 0.1) is 0 Å². The Hall–Kier alpha value is -2.02. The van der Waals surface area contributed by atoms with E-state index in [-0.39, 0.29) is 0 Å². The summed E-state index contributed by atoms with van der Waals surface area (Å²) < 4.78 is 0. The average molecular weight is 237 g/mol. The Kier molecular flexibility index (Phi) is 3.52. The van der Waals surface area contributed by atoms with Crippen LogP contribution < -0.4 is 5.73 Å². The standard InChI is InChI=1S/C17H19N/c1-12(2)15-10-7-11-16(17(15)18)13(3)14-8-5-4-6-9-14/h4-12H,3,18H2,1-2H3. The van der Waals surface area contributed by atoms with Gasteiger partial charge in [0.1, 0.15) is 0 Å². The molecule has 2 rings (SSSR count). The van der Waals surface area contributed by atoms with E-state index in [4.69, 9.17) is 5.73 Å². The molecule has 18 heavy (non-hydrogen) atoms. The number of nitrogen functional groups attached to an aromatic ring is 1. The van der Waals surface area contributed by atoms with E-state index in [1.165, 1.54) is 5.56 Å². The minimum atomic E-state index is 0.425. The van der Waals surface area contributed by atoms with Crippen molar-refractivity contribution in [3.05, 3.63) is 71.8 Å². The Labute approximate surface area is 109 Å². The number of nitrogens with two attached hydrogens (primary N) is 1. The summed E-state index contributed by atoms with van der Waals surface area (Å²) in [6, 6.07) is 16.3. The molecule has 2 N–H and O–H groups in total. The maximum Gasteiger partial charge on any atom is 0.0428 e. The van der Waals surface area contributed by atoms with Crippen molar-refractivity contribution in [2.75, 3.05) is 5.73 Å². The Morgan fingerprint density at radius 1 is 1.00 bits per heavy atom. The van der Waals surface area contributed by atoms with Gasteiger partial charge in [0.2, 0.25) is 0 Å². The molecule has 2 aromatic carbocycles. The molecule has 0 aliphatic heterocycles. The van der Waals surface area contributed by atoms with Gasteiger partial charge in [0.25, 0.3) is 0 Å². The quantitative estimate of drug-likeness (QED) is 0.784. The maximum absolute atomic E-state index is 6.26. The predicted octanol–water partition coefficient (Wildman–Crippen LogP) is 4.45. The number of hydrogen-bond acceptors (Lipinski definition) is 1. The van der Waals surface area contributed by atoms with Crippen LogP contribution in [-0.2, 0) is 0 Å². The Morgan fingerprint density at radius 2 is 1.67 bits per heavy atom. The number of anilines is 1. The van der Waals surface area contributed by atoms with Crippen LogP contribution in [0.15, 0.2) is 55.1 Å². The van der Waals surface area contributed by atoms with Crippen LogP contribution in [0.1, 0.15) is 36.5 Å². The van der Waals surface area contributed by atoms with Crippen molar-refractivity contribution in [2.45, 2.75) is 19.8 Å². The molecule has 2 aromatic rings. The van der Waals surface area contributed by atoms with Gasteiger partial charge in [0, 0.05) is 11.3 Å². The van der Waals surface area contributed by atoms with E-state index in [0.29, 0.717) is 5.92 Å². The molecular weight excluding hydrogens is 218 g/mol. The van der Waals surface area contributed by atoms with Crippen LogP contribution in [0.3, 0.4) is 0 Å². The second-order valence-electron chi connectivity index (χ2n) is 4.81. The monoisotopic (exact) mass is 237 g/mol. The molecule has 0 radical (unpaired) electrons. The van der Waals surface area contributed by atoms with Gasteiger partial charge in [-0.15, -0.1) is 0 Å². The van der Waals surface area contributed by atoms with Gasteiger partial charge in [-0.05, 0) is 22.6 Å². The highest BCUT2D eigenvalue weighted by Crippen LogP contribution is 2.31. The van der Waals surface area contributed by atoms with Crippen LogP contribution in [0, 0.1) is 0 Å². The van der Waals surface area contributed by atoms with E-state index in [9.17, 15) is 0 Å². The lowest BCUT2D eigenvalue weighted by Gasteiger charge is -2.15. The van der Waals surface area contributed by atoms with Gasteiger partial charge >= 0.3 is 0 Å². The molecule has 0 fully saturated rings. The molecule has 0 heterocycles. The molecule has 1 heteroatoms. The van der Waals surface area contributed by atoms with Crippen LogP contribution in [-0.4, -0.2) is 0 Å². The molecule has 0 amide bonds. The fourth-order valence-electron chi connectivity index (χ4n) is 2.14. The van der Waals surface area contributed by atoms with Crippen LogP contribution in [0.25, 0.3) is 5.57 Å². The highest BCUT2D eigenvalue weighted by Gasteiger charge is 2.11. The van der Waals surface area contributed by atoms with Crippen molar-refractivity contribution < 1.29 is 0 Å². The number of para-hydroxylation sites is 1. The second kappa shape index (κ2) is 5.09. The van der Waals surface area contributed by atoms with Crippen molar-refractivity contribution in [3.63, 3.8) is 0 Å². The third kappa shape index (κ3) is 2.30. The van der Waals surface area contributed by atoms with Gasteiger partial charge in [-0.3, -0.25) is 0 Å². The molecule has 0 saturated carbocycles. The topological polar surface area (TPSA) is 26.0 Å². The normalized spacial score (nSPS) is 10.6. The molecule has 0 aromatic heterocycles. The Balaban J connectivity index is 2.47. The summed E-state index contributed by atoms with van der Waals surface area (Å²) in [7, 11) is 0. The molecule has 92 valence electrons. The van der Waals surface area contributed by atoms with Gasteiger partial charge in [-0.2, -0.15) is 0 Å². The van der Waals surface area contributed by atoms with Crippen LogP contribution in [0.5, 0.6) is 0 Å². The molecule has 0 aliphatic carbocycles. The lowest BCUT2D eigenvalue weighted by molar-refractivity contribution is 0.869. The minimum Gasteiger partial charge on any atom is -0.398 e. The van der Waals surface area contributed by atoms with Gasteiger partial charge in [-0.1, -0.05) is 69.0 Å². The first-order valence-electron chi connectivity index (χ1n) is 6.24. The first-order valence-corrected chi connectivity index (χ1v) is 6.24. The molecule has 0 spiro atoms. The van der Waals surface area contributed by atoms with E-state index in [2.05, 4.69) is 44.7 Å². The Bertz CT molecular complexity index is 553. The lowest BCUT2D eigenvalue weighted by atomic mass is 9.92. The summed E-state index contributed by atoms with van der Waals surface area (Å²) >= 11 is 0. The number of hydrogen-bond donors (Lipinski definition) is 1. The first-order chi connectivity index (χ1) is 8.61. The fourth-order valence-corrected chi connectivity index (χ4v) is 2.14. The third-order valence-corrected chi connectivity index (χ3v) is 3.21. The van der Waals surface area contributed by atoms with Crippen molar-refractivity contribution in [1.29, 1.82) is 0 Å². The van der Waals surface area contributed by atoms with Crippen molar-refractivity contribution in [1.82, 2.24) is 0 Å². The van der Waals surface area contributed by atoms with E-state index in [1.807, 2.05) is 24.3 Å². The lowest BCUT2D eigenvalue weighted by Crippen LogP contribution is -2.01. The molecule has 0 saturated heterocycles. The summed E-state index contributed by atoms with van der Waals surface area (Å²) in [6.45, 7) is 8.48. The van der Waals surface area contributed by atoms with Crippen LogP contribution in [0.2, 0.25) is 0 Å². The largest absolute Gasteiger partial charge is 0.398 e. The number of rotatable bonds is 3. The van der Waals surface area contributed by atoms with E-state index in [1.54, 1.807) is 0 Å². The SMILES string of the molecule is C=C(c1ccccc1)c1cccc(C(C)C)c1N. The first kappa shape index (κ1) is 12.4. The maximum atomic E-state index is 6.26. The highest BCUT2D eigenvalue weighted by molar-refractivity contribution is 5.85. The van der Waals surface area contributed by atoms with Crippen molar-refractivity contribution in [2.24, 2.45) is 0 Å². The molecule has 0 bridgehead atoms. The van der Waals surface area contributed by atoms with Crippen molar-refractivity contribution >= 4 is 11.3 Å². The van der Waals surface area contributed by atoms with Gasteiger partial charge < -0.3 is 5.73 Å². The fraction of sp³-hybridized carbons (Fsp3) is 0.176. The summed E-state index contributed by atoms with van der Waals surface area (Å²) in [5.41, 5.74) is 11.4. The van der Waals surface area contributed by atoms with Gasteiger partial charge in [0.15, 0.2) is 0 Å². The molecular formula is C17H19N. The zero-order chi connectivity index (χ0) is 13.1. The zero-order valence-electron chi connectivity index (χ0n) is 11.0. The van der Waals surface area contributed by atoms with Gasteiger partial charge in [-0.25, -0.2) is 0 Å². The predicted molar refractivity (Wildman–Crippen MR) is 79.5 cm³/mol. The Morgan fingerprint density at radius 3 is 2.28 bits per heavy atom. The number of benzene rings is 2. The summed E-state index contributed by atoms with van der Waals surface area (Å²) in [5.74, 6) is 0.425. The zero-order valence-corrected chi connectivity index (χ0v) is 11.0. The van der Waals surface area contributed by atoms with Crippen molar-refractivity contribution in [3.8, 4) is 0 Å². The molecule has 0 atom stereocenters. The second-order valence-corrected chi connectivity index (χ2v) is 4.81. The molecule has 0 unspecified atom stereocenters. The van der Waals surface area contributed by atoms with Crippen LogP contribution in [0.4, 0.5) is 5.69 Å². The molecule has 0 aliphatic rings. The van der Waals surface area contributed by atoms with E-state index in [0.717, 1.165) is 22.4 Å². The van der Waals surface area contributed by atoms with E-state index >= 15 is 0 Å².